The van der Waals surface area contributed by atoms with Gasteiger partial charge in [0.1, 0.15) is 0 Å². The lowest BCUT2D eigenvalue weighted by Gasteiger charge is -2.00. The van der Waals surface area contributed by atoms with Crippen LogP contribution in [-0.4, -0.2) is 6.54 Å². The van der Waals surface area contributed by atoms with Crippen LogP contribution in [0.1, 0.15) is 9.75 Å². The molecule has 0 bridgehead atoms. The van der Waals surface area contributed by atoms with Crippen molar-refractivity contribution in [3.8, 4) is 0 Å². The third-order valence-electron chi connectivity index (χ3n) is 2.10. The summed E-state index contributed by atoms with van der Waals surface area (Å²) in [5.74, 6) is 0. The molecule has 0 radical (unpaired) electrons. The van der Waals surface area contributed by atoms with E-state index in [0.717, 1.165) is 19.5 Å². The van der Waals surface area contributed by atoms with E-state index in [0.29, 0.717) is 0 Å². The third-order valence-corrected chi connectivity index (χ3v) is 5.48. The quantitative estimate of drug-likeness (QED) is 0.668. The number of hydrogen-bond donors (Lipinski definition) is 1. The number of rotatable bonds is 5. The van der Waals surface area contributed by atoms with Gasteiger partial charge < -0.3 is 5.32 Å². The molecule has 0 unspecified atom stereocenters. The van der Waals surface area contributed by atoms with Crippen molar-refractivity contribution in [2.24, 2.45) is 0 Å². The first-order valence-corrected chi connectivity index (χ1v) is 8.20. The lowest BCUT2D eigenvalue weighted by molar-refractivity contribution is 0.697. The van der Waals surface area contributed by atoms with Crippen LogP contribution in [0.3, 0.4) is 0 Å². The van der Waals surface area contributed by atoms with E-state index in [1.807, 2.05) is 11.3 Å². The molecular formula is C11H12Br2ClNS2. The molecule has 0 atom stereocenters. The second-order valence-electron chi connectivity index (χ2n) is 3.36. The fourth-order valence-corrected chi connectivity index (χ4v) is 4.26. The van der Waals surface area contributed by atoms with Crippen LogP contribution in [0.5, 0.6) is 0 Å². The maximum absolute atomic E-state index is 3.48. The second-order valence-corrected chi connectivity index (χ2v) is 7.82. The van der Waals surface area contributed by atoms with Crippen molar-refractivity contribution in [3.63, 3.8) is 0 Å². The summed E-state index contributed by atoms with van der Waals surface area (Å²) < 4.78 is 2.39. The van der Waals surface area contributed by atoms with Crippen LogP contribution in [0.25, 0.3) is 0 Å². The molecule has 6 heteroatoms. The molecule has 0 aliphatic rings. The van der Waals surface area contributed by atoms with Crippen molar-refractivity contribution in [3.05, 3.63) is 41.6 Å². The molecule has 2 heterocycles. The summed E-state index contributed by atoms with van der Waals surface area (Å²) in [6.45, 7) is 1.99. The SMILES string of the molecule is Brc1csc(CNCCc2ccc(Br)s2)c1.Cl. The minimum absolute atomic E-state index is 0. The summed E-state index contributed by atoms with van der Waals surface area (Å²) in [5, 5.41) is 5.57. The van der Waals surface area contributed by atoms with E-state index in [4.69, 9.17) is 0 Å². The molecule has 0 spiro atoms. The first-order valence-electron chi connectivity index (χ1n) is 4.92. The highest BCUT2D eigenvalue weighted by molar-refractivity contribution is 9.11. The molecule has 0 saturated heterocycles. The number of thiophene rings is 2. The lowest BCUT2D eigenvalue weighted by Crippen LogP contribution is -2.15. The predicted molar refractivity (Wildman–Crippen MR) is 86.7 cm³/mol. The Labute approximate surface area is 132 Å². The van der Waals surface area contributed by atoms with Crippen LogP contribution in [0.4, 0.5) is 0 Å². The normalized spacial score (nSPS) is 10.2. The fraction of sp³-hybridized carbons (Fsp3) is 0.273. The summed E-state index contributed by atoms with van der Waals surface area (Å²) in [7, 11) is 0. The Morgan fingerprint density at radius 3 is 2.59 bits per heavy atom. The van der Waals surface area contributed by atoms with Crippen molar-refractivity contribution in [1.82, 2.24) is 5.32 Å². The molecule has 1 N–H and O–H groups in total. The van der Waals surface area contributed by atoms with E-state index in [1.165, 1.54) is 18.0 Å². The maximum Gasteiger partial charge on any atom is 0.0701 e. The van der Waals surface area contributed by atoms with Crippen molar-refractivity contribution in [2.75, 3.05) is 6.54 Å². The van der Waals surface area contributed by atoms with Gasteiger partial charge in [-0.1, -0.05) is 0 Å². The Balaban J connectivity index is 0.00000144. The minimum atomic E-state index is 0. The summed E-state index contributed by atoms with van der Waals surface area (Å²) in [4.78, 5) is 2.80. The van der Waals surface area contributed by atoms with Crippen LogP contribution >= 0.6 is 66.9 Å². The van der Waals surface area contributed by atoms with E-state index in [1.54, 1.807) is 11.3 Å². The molecule has 0 aromatic carbocycles. The number of nitrogens with one attached hydrogen (secondary N) is 1. The minimum Gasteiger partial charge on any atom is -0.311 e. The first-order chi connectivity index (χ1) is 7.74. The van der Waals surface area contributed by atoms with Gasteiger partial charge in [-0.25, -0.2) is 0 Å². The molecule has 2 aromatic rings. The third kappa shape index (κ3) is 5.41. The predicted octanol–water partition coefficient (Wildman–Crippen LogP) is 5.09. The molecule has 0 aliphatic carbocycles. The van der Waals surface area contributed by atoms with Gasteiger partial charge in [-0.2, -0.15) is 0 Å². The first kappa shape index (κ1) is 15.7. The van der Waals surface area contributed by atoms with Crippen molar-refractivity contribution >= 4 is 66.9 Å². The summed E-state index contributed by atoms with van der Waals surface area (Å²) in [6, 6.07) is 6.45. The Morgan fingerprint density at radius 2 is 2.00 bits per heavy atom. The molecule has 0 fully saturated rings. The van der Waals surface area contributed by atoms with Crippen molar-refractivity contribution < 1.29 is 0 Å². The van der Waals surface area contributed by atoms with Crippen molar-refractivity contribution in [1.29, 1.82) is 0 Å². The van der Waals surface area contributed by atoms with Crippen LogP contribution in [0, 0.1) is 0 Å². The number of halogens is 3. The van der Waals surface area contributed by atoms with Gasteiger partial charge in [0, 0.05) is 32.7 Å². The summed E-state index contributed by atoms with van der Waals surface area (Å²) in [5.41, 5.74) is 0. The van der Waals surface area contributed by atoms with Gasteiger partial charge in [-0.15, -0.1) is 35.1 Å². The molecule has 0 amide bonds. The van der Waals surface area contributed by atoms with Gasteiger partial charge in [0.25, 0.3) is 0 Å². The Kier molecular flexibility index (Phi) is 7.30. The highest BCUT2D eigenvalue weighted by Gasteiger charge is 1.99. The average molecular weight is 418 g/mol. The van der Waals surface area contributed by atoms with Gasteiger partial charge in [-0.3, -0.25) is 0 Å². The van der Waals surface area contributed by atoms with E-state index in [9.17, 15) is 0 Å². The lowest BCUT2D eigenvalue weighted by atomic mass is 10.3. The molecule has 94 valence electrons. The fourth-order valence-electron chi connectivity index (χ4n) is 1.36. The highest BCUT2D eigenvalue weighted by Crippen LogP contribution is 2.22. The summed E-state index contributed by atoms with van der Waals surface area (Å²) >= 11 is 10.5. The standard InChI is InChI=1S/C11H11Br2NS2.ClH/c12-8-5-10(15-7-8)6-14-4-3-9-1-2-11(13)16-9;/h1-2,5,7,14H,3-4,6H2;1H. The van der Waals surface area contributed by atoms with Crippen molar-refractivity contribution in [2.45, 2.75) is 13.0 Å². The molecule has 0 aliphatic heterocycles. The Hall–Kier alpha value is 0.610. The molecule has 2 aromatic heterocycles. The smallest absolute Gasteiger partial charge is 0.0701 e. The van der Waals surface area contributed by atoms with Crippen LogP contribution in [-0.2, 0) is 13.0 Å². The van der Waals surface area contributed by atoms with Gasteiger partial charge >= 0.3 is 0 Å². The summed E-state index contributed by atoms with van der Waals surface area (Å²) in [6.07, 6.45) is 1.10. The zero-order valence-electron chi connectivity index (χ0n) is 8.91. The molecule has 0 saturated carbocycles. The van der Waals surface area contributed by atoms with E-state index < -0.39 is 0 Å². The monoisotopic (exact) mass is 415 g/mol. The van der Waals surface area contributed by atoms with E-state index in [-0.39, 0.29) is 12.4 Å². The molecule has 1 nitrogen and oxygen atoms in total. The zero-order valence-corrected chi connectivity index (χ0v) is 14.5. The molecular weight excluding hydrogens is 406 g/mol. The van der Waals surface area contributed by atoms with E-state index in [2.05, 4.69) is 60.8 Å². The maximum atomic E-state index is 3.48. The average Bonchev–Trinajstić information content (AvgIpc) is 2.83. The van der Waals surface area contributed by atoms with E-state index >= 15 is 0 Å². The Morgan fingerprint density at radius 1 is 1.18 bits per heavy atom. The van der Waals surface area contributed by atoms with Gasteiger partial charge in [0.05, 0.1) is 3.79 Å². The van der Waals surface area contributed by atoms with Crippen LogP contribution in [0.15, 0.2) is 31.8 Å². The van der Waals surface area contributed by atoms with Crippen LogP contribution in [0.2, 0.25) is 0 Å². The van der Waals surface area contributed by atoms with Crippen LogP contribution < -0.4 is 5.32 Å². The number of hydrogen-bond acceptors (Lipinski definition) is 3. The van der Waals surface area contributed by atoms with Gasteiger partial charge in [0.2, 0.25) is 0 Å². The zero-order chi connectivity index (χ0) is 11.4. The Bertz CT molecular complexity index is 414. The largest absolute Gasteiger partial charge is 0.311 e. The molecule has 2 rings (SSSR count). The highest BCUT2D eigenvalue weighted by atomic mass is 79.9. The second kappa shape index (κ2) is 7.92. The molecule has 17 heavy (non-hydrogen) atoms. The van der Waals surface area contributed by atoms with Gasteiger partial charge in [0.15, 0.2) is 0 Å². The van der Waals surface area contributed by atoms with Gasteiger partial charge in [-0.05, 0) is 56.5 Å². The topological polar surface area (TPSA) is 12.0 Å².